The maximum atomic E-state index is 11.1. The number of hydrogen-bond acceptors (Lipinski definition) is 6. The second-order valence-electron chi connectivity index (χ2n) is 4.05. The average molecular weight is 261 g/mol. The third-order valence-electron chi connectivity index (χ3n) is 2.63. The number of rotatable bonds is 5. The van der Waals surface area contributed by atoms with Gasteiger partial charge in [-0.2, -0.15) is 0 Å². The zero-order chi connectivity index (χ0) is 13.7. The van der Waals surface area contributed by atoms with Gasteiger partial charge < -0.3 is 30.1 Å². The van der Waals surface area contributed by atoms with E-state index in [1.807, 2.05) is 0 Å². The topological polar surface area (TPSA) is 108 Å². The van der Waals surface area contributed by atoms with Gasteiger partial charge in [-0.25, -0.2) is 0 Å². The van der Waals surface area contributed by atoms with Gasteiger partial charge in [0.2, 0.25) is 5.91 Å². The van der Waals surface area contributed by atoms with E-state index in [2.05, 4.69) is 11.9 Å². The molecule has 1 fully saturated rings. The van der Waals surface area contributed by atoms with E-state index in [0.29, 0.717) is 0 Å². The summed E-state index contributed by atoms with van der Waals surface area (Å²) in [7, 11) is 0. The van der Waals surface area contributed by atoms with E-state index in [9.17, 15) is 15.0 Å². The summed E-state index contributed by atoms with van der Waals surface area (Å²) in [6.07, 6.45) is -3.01. The van der Waals surface area contributed by atoms with Crippen LogP contribution >= 0.6 is 0 Å². The standard InChI is InChI=1S/C11H19NO6/c1-3-4-17-11-8(12-6(2)14)10(16)9(15)7(5-13)18-11/h3,7-11,13,15-16H,1,4-5H2,2H3,(H,12,14)/t7-,8+,9+,10+,11-/m1/s1. The highest BCUT2D eigenvalue weighted by atomic mass is 16.7. The summed E-state index contributed by atoms with van der Waals surface area (Å²) in [4.78, 5) is 11.1. The monoisotopic (exact) mass is 261 g/mol. The molecule has 7 nitrogen and oxygen atoms in total. The van der Waals surface area contributed by atoms with Crippen LogP contribution in [0.25, 0.3) is 0 Å². The van der Waals surface area contributed by atoms with E-state index < -0.39 is 37.3 Å². The van der Waals surface area contributed by atoms with Crippen molar-refractivity contribution in [3.8, 4) is 0 Å². The average Bonchev–Trinajstić information content (AvgIpc) is 2.33. The molecule has 0 radical (unpaired) electrons. The zero-order valence-electron chi connectivity index (χ0n) is 10.2. The van der Waals surface area contributed by atoms with Gasteiger partial charge in [-0.1, -0.05) is 6.08 Å². The maximum Gasteiger partial charge on any atom is 0.217 e. The van der Waals surface area contributed by atoms with E-state index >= 15 is 0 Å². The molecule has 104 valence electrons. The first-order chi connectivity index (χ1) is 8.51. The van der Waals surface area contributed by atoms with Gasteiger partial charge in [0, 0.05) is 6.92 Å². The predicted molar refractivity (Wildman–Crippen MR) is 61.5 cm³/mol. The molecule has 5 atom stereocenters. The number of ether oxygens (including phenoxy) is 2. The molecule has 0 aliphatic carbocycles. The van der Waals surface area contributed by atoms with Crippen molar-refractivity contribution < 1.29 is 29.6 Å². The first-order valence-electron chi connectivity index (χ1n) is 5.63. The summed E-state index contributed by atoms with van der Waals surface area (Å²) >= 11 is 0. The second-order valence-corrected chi connectivity index (χ2v) is 4.05. The van der Waals surface area contributed by atoms with Gasteiger partial charge in [-0.05, 0) is 0 Å². The van der Waals surface area contributed by atoms with Crippen LogP contribution in [0.3, 0.4) is 0 Å². The van der Waals surface area contributed by atoms with Crippen LogP contribution in [-0.2, 0) is 14.3 Å². The Kier molecular flexibility index (Phi) is 5.70. The van der Waals surface area contributed by atoms with Crippen LogP contribution in [0.5, 0.6) is 0 Å². The number of carbonyl (C=O) groups excluding carboxylic acids is 1. The van der Waals surface area contributed by atoms with Gasteiger partial charge in [0.1, 0.15) is 24.4 Å². The van der Waals surface area contributed by atoms with Crippen molar-refractivity contribution in [1.82, 2.24) is 5.32 Å². The van der Waals surface area contributed by atoms with E-state index in [-0.39, 0.29) is 12.5 Å². The van der Waals surface area contributed by atoms with E-state index in [1.54, 1.807) is 0 Å². The van der Waals surface area contributed by atoms with Gasteiger partial charge in [0.15, 0.2) is 6.29 Å². The van der Waals surface area contributed by atoms with Crippen LogP contribution in [0.1, 0.15) is 6.92 Å². The van der Waals surface area contributed by atoms with Crippen LogP contribution < -0.4 is 5.32 Å². The SMILES string of the molecule is C=CCO[C@@H]1O[C@H](CO)[C@H](O)[C@@H](O)[C@@H]1NC(C)=O. The largest absolute Gasteiger partial charge is 0.394 e. The lowest BCUT2D eigenvalue weighted by atomic mass is 9.97. The number of aliphatic hydroxyl groups is 3. The van der Waals surface area contributed by atoms with Crippen molar-refractivity contribution in [2.24, 2.45) is 0 Å². The minimum absolute atomic E-state index is 0.154. The van der Waals surface area contributed by atoms with Crippen LogP contribution in [-0.4, -0.2) is 65.1 Å². The van der Waals surface area contributed by atoms with E-state index in [4.69, 9.17) is 14.6 Å². The molecule has 1 amide bonds. The molecule has 0 spiro atoms. The molecule has 0 aromatic heterocycles. The van der Waals surface area contributed by atoms with Crippen LogP contribution in [0.15, 0.2) is 12.7 Å². The molecule has 1 heterocycles. The van der Waals surface area contributed by atoms with Crippen molar-refractivity contribution in [3.05, 3.63) is 12.7 Å². The van der Waals surface area contributed by atoms with Gasteiger partial charge in [-0.15, -0.1) is 6.58 Å². The number of carbonyl (C=O) groups is 1. The Balaban J connectivity index is 2.79. The van der Waals surface area contributed by atoms with Gasteiger partial charge in [0.25, 0.3) is 0 Å². The number of aliphatic hydroxyl groups excluding tert-OH is 3. The molecule has 0 bridgehead atoms. The molecule has 1 aliphatic heterocycles. The summed E-state index contributed by atoms with van der Waals surface area (Å²) in [6, 6.07) is -0.903. The predicted octanol–water partition coefficient (Wildman–Crippen LogP) is -1.87. The fourth-order valence-electron chi connectivity index (χ4n) is 1.78. The lowest BCUT2D eigenvalue weighted by Crippen LogP contribution is -2.64. The minimum Gasteiger partial charge on any atom is -0.394 e. The highest BCUT2D eigenvalue weighted by molar-refractivity contribution is 5.73. The fourth-order valence-corrected chi connectivity index (χ4v) is 1.78. The normalized spacial score (nSPS) is 36.1. The molecule has 0 aromatic carbocycles. The fraction of sp³-hybridized carbons (Fsp3) is 0.727. The number of amides is 1. The molecule has 0 saturated carbocycles. The zero-order valence-corrected chi connectivity index (χ0v) is 10.2. The molecule has 1 saturated heterocycles. The molecule has 0 aromatic rings. The third-order valence-corrected chi connectivity index (χ3v) is 2.63. The van der Waals surface area contributed by atoms with Crippen LogP contribution in [0, 0.1) is 0 Å². The summed E-state index contributed by atoms with van der Waals surface area (Å²) in [5.74, 6) is -0.385. The summed E-state index contributed by atoms with van der Waals surface area (Å²) in [6.45, 7) is 4.45. The Labute approximate surface area is 105 Å². The Hall–Kier alpha value is -0.990. The van der Waals surface area contributed by atoms with Crippen molar-refractivity contribution >= 4 is 5.91 Å². The molecule has 7 heteroatoms. The first-order valence-corrected chi connectivity index (χ1v) is 5.63. The smallest absolute Gasteiger partial charge is 0.217 e. The van der Waals surface area contributed by atoms with Crippen molar-refractivity contribution in [1.29, 1.82) is 0 Å². The summed E-state index contributed by atoms with van der Waals surface area (Å²) in [5.41, 5.74) is 0. The second kappa shape index (κ2) is 6.81. The molecular weight excluding hydrogens is 242 g/mol. The summed E-state index contributed by atoms with van der Waals surface area (Å²) < 4.78 is 10.5. The highest BCUT2D eigenvalue weighted by Crippen LogP contribution is 2.22. The first kappa shape index (κ1) is 15.1. The Morgan fingerprint density at radius 1 is 1.50 bits per heavy atom. The van der Waals surface area contributed by atoms with Gasteiger partial charge in [-0.3, -0.25) is 4.79 Å². The summed E-state index contributed by atoms with van der Waals surface area (Å²) in [5, 5.41) is 31.1. The minimum atomic E-state index is -1.30. The molecule has 18 heavy (non-hydrogen) atoms. The lowest BCUT2D eigenvalue weighted by Gasteiger charge is -2.42. The molecule has 0 unspecified atom stereocenters. The molecular formula is C11H19NO6. The molecule has 1 aliphatic rings. The van der Waals surface area contributed by atoms with E-state index in [1.165, 1.54) is 13.0 Å². The van der Waals surface area contributed by atoms with Crippen molar-refractivity contribution in [2.75, 3.05) is 13.2 Å². The highest BCUT2D eigenvalue weighted by Gasteiger charge is 2.45. The maximum absolute atomic E-state index is 11.1. The number of nitrogens with one attached hydrogen (secondary N) is 1. The van der Waals surface area contributed by atoms with Gasteiger partial charge in [0.05, 0.1) is 13.2 Å². The lowest BCUT2D eigenvalue weighted by molar-refractivity contribution is -0.267. The van der Waals surface area contributed by atoms with Crippen LogP contribution in [0.4, 0.5) is 0 Å². The third kappa shape index (κ3) is 3.50. The quantitative estimate of drug-likeness (QED) is 0.432. The molecule has 4 N–H and O–H groups in total. The Morgan fingerprint density at radius 3 is 2.67 bits per heavy atom. The number of hydrogen-bond donors (Lipinski definition) is 4. The van der Waals surface area contributed by atoms with Crippen molar-refractivity contribution in [2.45, 2.75) is 37.6 Å². The van der Waals surface area contributed by atoms with E-state index in [0.717, 1.165) is 0 Å². The Bertz CT molecular complexity index is 297. The molecule has 1 rings (SSSR count). The van der Waals surface area contributed by atoms with Crippen LogP contribution in [0.2, 0.25) is 0 Å². The Morgan fingerprint density at radius 2 is 2.17 bits per heavy atom. The van der Waals surface area contributed by atoms with Crippen molar-refractivity contribution in [3.63, 3.8) is 0 Å². The van der Waals surface area contributed by atoms with Gasteiger partial charge >= 0.3 is 0 Å².